The molecular weight excluding hydrogens is 565 g/mol. The number of fused-ring (bicyclic) bond motifs is 3. The molecule has 0 spiro atoms. The van der Waals surface area contributed by atoms with Crippen molar-refractivity contribution < 1.29 is 8.42 Å². The second-order valence-electron chi connectivity index (χ2n) is 9.80. The molecule has 0 amide bonds. The monoisotopic (exact) mass is 589 g/mol. The van der Waals surface area contributed by atoms with Gasteiger partial charge in [0.25, 0.3) is 0 Å². The Morgan fingerprint density at radius 3 is 2.33 bits per heavy atom. The molecule has 0 atom stereocenters. The van der Waals surface area contributed by atoms with Gasteiger partial charge in [0.2, 0.25) is 10.0 Å². The van der Waals surface area contributed by atoms with E-state index in [-0.39, 0.29) is 9.92 Å². The van der Waals surface area contributed by atoms with Crippen LogP contribution in [0, 0.1) is 18.3 Å². The molecule has 3 aromatic carbocycles. The number of hydrogen-bond donors (Lipinski definition) is 0. The van der Waals surface area contributed by atoms with Crippen molar-refractivity contribution in [3.8, 4) is 6.07 Å². The summed E-state index contributed by atoms with van der Waals surface area (Å²) in [4.78, 5) is 7.18. The van der Waals surface area contributed by atoms with Crippen molar-refractivity contribution in [2.24, 2.45) is 0 Å². The number of nitriles is 1. The van der Waals surface area contributed by atoms with Crippen LogP contribution in [-0.4, -0.2) is 48.3 Å². The van der Waals surface area contributed by atoms with Gasteiger partial charge in [-0.2, -0.15) is 9.57 Å². The lowest BCUT2D eigenvalue weighted by Crippen LogP contribution is -2.49. The van der Waals surface area contributed by atoms with Crippen LogP contribution in [0.25, 0.3) is 16.7 Å². The first kappa shape index (κ1) is 26.6. The number of nitrogens with zero attached hydrogens (tertiary/aromatic N) is 5. The fourth-order valence-corrected chi connectivity index (χ4v) is 7.25. The molecule has 0 aliphatic carbocycles. The SMILES string of the molecule is Cc1c(Cc2ccccc2)c(N2CCN(S(=O)(=O)c3ccc(Cl)c(Cl)c3)CC2)n2c(nc3ccccc32)c1C#N. The van der Waals surface area contributed by atoms with Gasteiger partial charge in [0.05, 0.1) is 31.5 Å². The molecule has 3 heterocycles. The van der Waals surface area contributed by atoms with Crippen molar-refractivity contribution in [1.82, 2.24) is 13.7 Å². The van der Waals surface area contributed by atoms with E-state index < -0.39 is 10.0 Å². The molecule has 10 heteroatoms. The van der Waals surface area contributed by atoms with E-state index in [4.69, 9.17) is 28.2 Å². The summed E-state index contributed by atoms with van der Waals surface area (Å²) in [7, 11) is -3.75. The number of sulfonamides is 1. The van der Waals surface area contributed by atoms with E-state index in [2.05, 4.69) is 27.5 Å². The fraction of sp³-hybridized carbons (Fsp3) is 0.200. The van der Waals surface area contributed by atoms with Crippen LogP contribution < -0.4 is 4.90 Å². The van der Waals surface area contributed by atoms with Gasteiger partial charge in [-0.3, -0.25) is 4.40 Å². The number of anilines is 1. The lowest BCUT2D eigenvalue weighted by atomic mass is 9.97. The number of pyridine rings is 1. The summed E-state index contributed by atoms with van der Waals surface area (Å²) in [5.74, 6) is 0.940. The highest BCUT2D eigenvalue weighted by Crippen LogP contribution is 2.36. The molecule has 1 aliphatic heterocycles. The number of para-hydroxylation sites is 2. The third-order valence-corrected chi connectivity index (χ3v) is 10.1. The summed E-state index contributed by atoms with van der Waals surface area (Å²) in [6.45, 7) is 3.50. The molecule has 0 unspecified atom stereocenters. The van der Waals surface area contributed by atoms with Crippen LogP contribution in [0.1, 0.15) is 22.3 Å². The van der Waals surface area contributed by atoms with Crippen molar-refractivity contribution in [2.45, 2.75) is 18.2 Å². The first-order valence-electron chi connectivity index (χ1n) is 12.9. The largest absolute Gasteiger partial charge is 0.355 e. The third-order valence-electron chi connectivity index (χ3n) is 7.50. The zero-order valence-electron chi connectivity index (χ0n) is 21.7. The molecule has 1 aliphatic rings. The highest BCUT2D eigenvalue weighted by Gasteiger charge is 2.32. The summed E-state index contributed by atoms with van der Waals surface area (Å²) in [5, 5.41) is 10.7. The zero-order valence-corrected chi connectivity index (χ0v) is 24.0. The van der Waals surface area contributed by atoms with E-state index >= 15 is 0 Å². The minimum atomic E-state index is -3.75. The number of halogens is 2. The highest BCUT2D eigenvalue weighted by atomic mass is 35.5. The van der Waals surface area contributed by atoms with E-state index in [0.717, 1.165) is 33.5 Å². The van der Waals surface area contributed by atoms with Gasteiger partial charge in [-0.25, -0.2) is 13.4 Å². The Morgan fingerprint density at radius 2 is 1.62 bits per heavy atom. The molecule has 0 saturated carbocycles. The second kappa shape index (κ2) is 10.4. The van der Waals surface area contributed by atoms with Crippen LogP contribution in [0.5, 0.6) is 0 Å². The van der Waals surface area contributed by atoms with E-state index in [0.29, 0.717) is 48.8 Å². The quantitative estimate of drug-likeness (QED) is 0.248. The Kier molecular flexibility index (Phi) is 6.93. The molecule has 7 nitrogen and oxygen atoms in total. The van der Waals surface area contributed by atoms with Gasteiger partial charge in [0.15, 0.2) is 5.65 Å². The minimum absolute atomic E-state index is 0.123. The maximum Gasteiger partial charge on any atom is 0.243 e. The van der Waals surface area contributed by atoms with Crippen molar-refractivity contribution in [3.63, 3.8) is 0 Å². The van der Waals surface area contributed by atoms with Crippen molar-refractivity contribution in [3.05, 3.63) is 105 Å². The lowest BCUT2D eigenvalue weighted by molar-refractivity contribution is 0.383. The van der Waals surface area contributed by atoms with Crippen LogP contribution in [0.3, 0.4) is 0 Å². The molecular formula is C30H25Cl2N5O2S. The maximum absolute atomic E-state index is 13.4. The Balaban J connectivity index is 1.45. The zero-order chi connectivity index (χ0) is 28.0. The first-order chi connectivity index (χ1) is 19.3. The molecule has 202 valence electrons. The van der Waals surface area contributed by atoms with Crippen molar-refractivity contribution in [1.29, 1.82) is 5.26 Å². The molecule has 0 radical (unpaired) electrons. The molecule has 0 bridgehead atoms. The summed E-state index contributed by atoms with van der Waals surface area (Å²) in [6.07, 6.45) is 0.626. The fourth-order valence-electron chi connectivity index (χ4n) is 5.43. The van der Waals surface area contributed by atoms with Crippen LogP contribution in [-0.2, 0) is 16.4 Å². The van der Waals surface area contributed by atoms with Crippen LogP contribution in [0.2, 0.25) is 10.0 Å². The predicted octanol–water partition coefficient (Wildman–Crippen LogP) is 6.08. The first-order valence-corrected chi connectivity index (χ1v) is 15.1. The second-order valence-corrected chi connectivity index (χ2v) is 12.6. The smallest absolute Gasteiger partial charge is 0.243 e. The van der Waals surface area contributed by atoms with Crippen LogP contribution in [0.15, 0.2) is 77.7 Å². The summed E-state index contributed by atoms with van der Waals surface area (Å²) in [6, 6.07) is 24.8. The number of piperazine rings is 1. The van der Waals surface area contributed by atoms with E-state index in [1.807, 2.05) is 49.4 Å². The molecule has 6 rings (SSSR count). The topological polar surface area (TPSA) is 81.7 Å². The lowest BCUT2D eigenvalue weighted by Gasteiger charge is -2.37. The average Bonchev–Trinajstić information content (AvgIpc) is 3.34. The van der Waals surface area contributed by atoms with Gasteiger partial charge in [-0.15, -0.1) is 0 Å². The molecule has 5 aromatic rings. The van der Waals surface area contributed by atoms with Crippen molar-refractivity contribution >= 4 is 55.7 Å². The van der Waals surface area contributed by atoms with Crippen LogP contribution >= 0.6 is 23.2 Å². The van der Waals surface area contributed by atoms with Gasteiger partial charge in [0, 0.05) is 38.2 Å². The number of imidazole rings is 1. The highest BCUT2D eigenvalue weighted by molar-refractivity contribution is 7.89. The number of hydrogen-bond acceptors (Lipinski definition) is 5. The van der Waals surface area contributed by atoms with E-state index in [1.165, 1.54) is 22.5 Å². The predicted molar refractivity (Wildman–Crippen MR) is 159 cm³/mol. The maximum atomic E-state index is 13.4. The van der Waals surface area contributed by atoms with Gasteiger partial charge >= 0.3 is 0 Å². The molecule has 40 heavy (non-hydrogen) atoms. The van der Waals surface area contributed by atoms with E-state index in [1.54, 1.807) is 0 Å². The molecule has 1 fully saturated rings. The summed E-state index contributed by atoms with van der Waals surface area (Å²) < 4.78 is 30.4. The van der Waals surface area contributed by atoms with Crippen molar-refractivity contribution in [2.75, 3.05) is 31.1 Å². The van der Waals surface area contributed by atoms with Gasteiger partial charge < -0.3 is 4.90 Å². The minimum Gasteiger partial charge on any atom is -0.355 e. The number of benzene rings is 3. The Bertz CT molecular complexity index is 1910. The Morgan fingerprint density at radius 1 is 0.925 bits per heavy atom. The molecule has 0 N–H and O–H groups in total. The Labute approximate surface area is 242 Å². The summed E-state index contributed by atoms with van der Waals surface area (Å²) >= 11 is 12.1. The van der Waals surface area contributed by atoms with Crippen LogP contribution in [0.4, 0.5) is 5.82 Å². The Hall–Kier alpha value is -3.61. The van der Waals surface area contributed by atoms with Gasteiger partial charge in [0.1, 0.15) is 11.9 Å². The van der Waals surface area contributed by atoms with Gasteiger partial charge in [-0.05, 0) is 48.4 Å². The normalized spacial score (nSPS) is 14.6. The average molecular weight is 591 g/mol. The third kappa shape index (κ3) is 4.49. The number of rotatable bonds is 5. The number of aromatic nitrogens is 2. The van der Waals surface area contributed by atoms with E-state index in [9.17, 15) is 13.7 Å². The van der Waals surface area contributed by atoms with Gasteiger partial charge in [-0.1, -0.05) is 65.7 Å². The summed E-state index contributed by atoms with van der Waals surface area (Å²) in [5.41, 5.74) is 5.90. The molecule has 2 aromatic heterocycles. The molecule has 1 saturated heterocycles. The standard InChI is InChI=1S/C30H25Cl2N5O2S/c1-20-23(17-21-7-3-2-4-8-21)30(37-28-10-6-5-9-27(28)34-29(37)24(20)19-33)35-13-15-36(16-14-35)40(38,39)22-11-12-25(31)26(32)18-22/h2-12,18H,13-17H2,1H3.